The van der Waals surface area contributed by atoms with E-state index in [1.807, 2.05) is 38.1 Å². The molecule has 1 atom stereocenters. The lowest BCUT2D eigenvalue weighted by Gasteiger charge is -2.32. The Bertz CT molecular complexity index is 849. The molecule has 1 aromatic carbocycles. The summed E-state index contributed by atoms with van der Waals surface area (Å²) < 4.78 is 32.2. The minimum atomic E-state index is -3.46. The second kappa shape index (κ2) is 8.64. The van der Waals surface area contributed by atoms with Gasteiger partial charge in [-0.2, -0.15) is 4.37 Å². The number of nitrogens with zero attached hydrogens (tertiary/aromatic N) is 4. The topological polar surface area (TPSA) is 78.4 Å². The Hall–Kier alpha value is -1.55. The van der Waals surface area contributed by atoms with E-state index < -0.39 is 10.0 Å². The van der Waals surface area contributed by atoms with Gasteiger partial charge in [-0.1, -0.05) is 17.7 Å². The van der Waals surface area contributed by atoms with Gasteiger partial charge in [0.2, 0.25) is 15.2 Å². The molecule has 0 saturated carbocycles. The molecule has 27 heavy (non-hydrogen) atoms. The molecular formula is C18H27N5O2S2. The van der Waals surface area contributed by atoms with Crippen molar-refractivity contribution in [2.45, 2.75) is 31.2 Å². The summed E-state index contributed by atoms with van der Waals surface area (Å²) >= 11 is 1.41. The average Bonchev–Trinajstić information content (AvgIpc) is 3.10. The molecule has 2 aromatic rings. The first-order valence-corrected chi connectivity index (χ1v) is 11.4. The van der Waals surface area contributed by atoms with E-state index in [0.29, 0.717) is 23.9 Å². The maximum atomic E-state index is 12.5. The van der Waals surface area contributed by atoms with Gasteiger partial charge in [0.1, 0.15) is 0 Å². The zero-order valence-electron chi connectivity index (χ0n) is 16.1. The van der Waals surface area contributed by atoms with Gasteiger partial charge in [-0.05, 0) is 44.4 Å². The molecular weight excluding hydrogens is 382 g/mol. The molecule has 0 spiro atoms. The SMILES string of the molecule is Cc1ccc(S(=O)(=O)NCC2CCCN(Cc3nsc(N(C)C)n3)C2)cc1. The molecule has 0 amide bonds. The van der Waals surface area contributed by atoms with Crippen LogP contribution in [0.4, 0.5) is 5.13 Å². The lowest BCUT2D eigenvalue weighted by Crippen LogP contribution is -2.40. The van der Waals surface area contributed by atoms with Crippen LogP contribution in [0.5, 0.6) is 0 Å². The smallest absolute Gasteiger partial charge is 0.240 e. The fourth-order valence-electron chi connectivity index (χ4n) is 3.18. The Morgan fingerprint density at radius 3 is 2.70 bits per heavy atom. The zero-order valence-corrected chi connectivity index (χ0v) is 17.7. The van der Waals surface area contributed by atoms with Gasteiger partial charge in [-0.15, -0.1) is 0 Å². The van der Waals surface area contributed by atoms with E-state index in [9.17, 15) is 8.42 Å². The number of benzene rings is 1. The summed E-state index contributed by atoms with van der Waals surface area (Å²) in [5, 5.41) is 0.907. The van der Waals surface area contributed by atoms with Crippen LogP contribution >= 0.6 is 11.5 Å². The van der Waals surface area contributed by atoms with Gasteiger partial charge < -0.3 is 4.90 Å². The van der Waals surface area contributed by atoms with Gasteiger partial charge >= 0.3 is 0 Å². The minimum Gasteiger partial charge on any atom is -0.353 e. The van der Waals surface area contributed by atoms with Crippen molar-refractivity contribution in [1.82, 2.24) is 19.0 Å². The largest absolute Gasteiger partial charge is 0.353 e. The van der Waals surface area contributed by atoms with E-state index in [1.54, 1.807) is 12.1 Å². The number of nitrogens with one attached hydrogen (secondary N) is 1. The third kappa shape index (κ3) is 5.47. The number of rotatable bonds is 7. The van der Waals surface area contributed by atoms with E-state index in [4.69, 9.17) is 0 Å². The first kappa shape index (κ1) is 20.2. The molecule has 0 bridgehead atoms. The van der Waals surface area contributed by atoms with Crippen molar-refractivity contribution < 1.29 is 8.42 Å². The first-order chi connectivity index (χ1) is 12.8. The highest BCUT2D eigenvalue weighted by Crippen LogP contribution is 2.20. The van der Waals surface area contributed by atoms with Crippen LogP contribution in [0.15, 0.2) is 29.2 Å². The monoisotopic (exact) mass is 409 g/mol. The Kier molecular flexibility index (Phi) is 6.46. The fourth-order valence-corrected chi connectivity index (χ4v) is 4.89. The van der Waals surface area contributed by atoms with E-state index in [2.05, 4.69) is 19.0 Å². The molecule has 9 heteroatoms. The average molecular weight is 410 g/mol. The van der Waals surface area contributed by atoms with Crippen LogP contribution in [0.2, 0.25) is 0 Å². The van der Waals surface area contributed by atoms with Gasteiger partial charge in [0.15, 0.2) is 5.82 Å². The van der Waals surface area contributed by atoms with Crippen molar-refractivity contribution in [3.8, 4) is 0 Å². The minimum absolute atomic E-state index is 0.297. The Balaban J connectivity index is 1.54. The standard InChI is InChI=1S/C18H27N5O2S2/c1-14-6-8-16(9-7-14)27(24,25)19-11-15-5-4-10-23(12-15)13-17-20-18(22(2)3)26-21-17/h6-9,15,19H,4-5,10-13H2,1-3H3. The molecule has 1 aliphatic rings. The highest BCUT2D eigenvalue weighted by molar-refractivity contribution is 7.89. The Morgan fingerprint density at radius 1 is 1.30 bits per heavy atom. The van der Waals surface area contributed by atoms with Crippen LogP contribution in [0.3, 0.4) is 0 Å². The van der Waals surface area contributed by atoms with Crippen LogP contribution in [0.1, 0.15) is 24.2 Å². The number of likely N-dealkylation sites (tertiary alicyclic amines) is 1. The number of aromatic nitrogens is 2. The number of sulfonamides is 1. The number of hydrogen-bond donors (Lipinski definition) is 1. The first-order valence-electron chi connectivity index (χ1n) is 9.12. The fraction of sp³-hybridized carbons (Fsp3) is 0.556. The molecule has 0 aliphatic carbocycles. The van der Waals surface area contributed by atoms with Crippen molar-refractivity contribution in [2.24, 2.45) is 5.92 Å². The lowest BCUT2D eigenvalue weighted by atomic mass is 9.98. The summed E-state index contributed by atoms with van der Waals surface area (Å²) in [5.41, 5.74) is 1.05. The van der Waals surface area contributed by atoms with Gasteiger partial charge in [-0.3, -0.25) is 4.90 Å². The van der Waals surface area contributed by atoms with Gasteiger partial charge in [-0.25, -0.2) is 18.1 Å². The molecule has 1 saturated heterocycles. The summed E-state index contributed by atoms with van der Waals surface area (Å²) in [6, 6.07) is 6.95. The van der Waals surface area contributed by atoms with Crippen LogP contribution < -0.4 is 9.62 Å². The molecule has 1 unspecified atom stereocenters. The van der Waals surface area contributed by atoms with Crippen molar-refractivity contribution >= 4 is 26.7 Å². The predicted octanol–water partition coefficient (Wildman–Crippen LogP) is 2.10. The molecule has 2 heterocycles. The van der Waals surface area contributed by atoms with Gasteiger partial charge in [0.05, 0.1) is 11.4 Å². The summed E-state index contributed by atoms with van der Waals surface area (Å²) in [7, 11) is 0.463. The van der Waals surface area contributed by atoms with E-state index in [0.717, 1.165) is 42.5 Å². The van der Waals surface area contributed by atoms with E-state index in [-0.39, 0.29) is 0 Å². The summed E-state index contributed by atoms with van der Waals surface area (Å²) in [4.78, 5) is 9.14. The molecule has 1 aromatic heterocycles. The Morgan fingerprint density at radius 2 is 2.04 bits per heavy atom. The molecule has 1 fully saturated rings. The van der Waals surface area contributed by atoms with Crippen LogP contribution in [-0.2, 0) is 16.6 Å². The molecule has 148 valence electrons. The third-order valence-corrected chi connectivity index (χ3v) is 7.06. The second-order valence-corrected chi connectivity index (χ2v) is 9.79. The Labute approximate surface area is 165 Å². The van der Waals surface area contributed by atoms with Gasteiger partial charge in [0.25, 0.3) is 0 Å². The molecule has 3 rings (SSSR count). The summed E-state index contributed by atoms with van der Waals surface area (Å²) in [6.45, 7) is 4.97. The van der Waals surface area contributed by atoms with Crippen LogP contribution in [0, 0.1) is 12.8 Å². The maximum absolute atomic E-state index is 12.5. The molecule has 1 aliphatic heterocycles. The summed E-state index contributed by atoms with van der Waals surface area (Å²) in [6.07, 6.45) is 2.09. The molecule has 7 nitrogen and oxygen atoms in total. The second-order valence-electron chi connectivity index (χ2n) is 7.30. The van der Waals surface area contributed by atoms with Crippen LogP contribution in [-0.4, -0.2) is 56.4 Å². The normalized spacial score (nSPS) is 18.6. The van der Waals surface area contributed by atoms with Crippen molar-refractivity contribution in [3.05, 3.63) is 35.7 Å². The summed E-state index contributed by atoms with van der Waals surface area (Å²) in [5.74, 6) is 1.13. The predicted molar refractivity (Wildman–Crippen MR) is 109 cm³/mol. The molecule has 1 N–H and O–H groups in total. The van der Waals surface area contributed by atoms with E-state index >= 15 is 0 Å². The quantitative estimate of drug-likeness (QED) is 0.755. The molecule has 0 radical (unpaired) electrons. The van der Waals surface area contributed by atoms with Crippen molar-refractivity contribution in [1.29, 1.82) is 0 Å². The van der Waals surface area contributed by atoms with Gasteiger partial charge in [0, 0.05) is 38.7 Å². The zero-order chi connectivity index (χ0) is 19.4. The maximum Gasteiger partial charge on any atom is 0.240 e. The number of aryl methyl sites for hydroxylation is 1. The highest BCUT2D eigenvalue weighted by atomic mass is 32.2. The van der Waals surface area contributed by atoms with Crippen molar-refractivity contribution in [2.75, 3.05) is 38.6 Å². The third-order valence-electron chi connectivity index (χ3n) is 4.70. The lowest BCUT2D eigenvalue weighted by molar-refractivity contribution is 0.166. The van der Waals surface area contributed by atoms with Crippen molar-refractivity contribution in [3.63, 3.8) is 0 Å². The highest BCUT2D eigenvalue weighted by Gasteiger charge is 2.23. The number of piperidine rings is 1. The van der Waals surface area contributed by atoms with Crippen LogP contribution in [0.25, 0.3) is 0 Å². The number of hydrogen-bond acceptors (Lipinski definition) is 7. The van der Waals surface area contributed by atoms with E-state index in [1.165, 1.54) is 11.5 Å². The number of anilines is 1.